The zero-order chi connectivity index (χ0) is 45.2. The molecule has 0 bridgehead atoms. The summed E-state index contributed by atoms with van der Waals surface area (Å²) in [6.45, 7) is 8.58. The van der Waals surface area contributed by atoms with E-state index < -0.39 is 0 Å². The first-order valence-corrected chi connectivity index (χ1v) is 23.1. The molecule has 0 atom stereocenters. The maximum Gasteiger partial charge on any atom is 0.136 e. The van der Waals surface area contributed by atoms with E-state index in [4.69, 9.17) is 4.42 Å². The van der Waals surface area contributed by atoms with E-state index in [9.17, 15) is 0 Å². The van der Waals surface area contributed by atoms with Gasteiger partial charge in [0.25, 0.3) is 0 Å². The molecular formula is C64H48N2O. The van der Waals surface area contributed by atoms with Gasteiger partial charge in [-0.15, -0.1) is 0 Å². The highest BCUT2D eigenvalue weighted by atomic mass is 16.3. The quantitative estimate of drug-likeness (QED) is 0.166. The first kappa shape index (κ1) is 40.1. The lowest BCUT2D eigenvalue weighted by Gasteiger charge is -2.26. The molecule has 0 unspecified atom stereocenters. The van der Waals surface area contributed by atoms with Crippen molar-refractivity contribution in [1.29, 1.82) is 0 Å². The molecule has 0 saturated carbocycles. The van der Waals surface area contributed by atoms with Crippen molar-refractivity contribution in [3.8, 4) is 0 Å². The summed E-state index contributed by atoms with van der Waals surface area (Å²) in [4.78, 5) is 4.76. The number of benzene rings is 10. The third-order valence-corrected chi connectivity index (χ3v) is 13.5. The molecule has 3 nitrogen and oxygen atoms in total. The molecule has 12 aromatic rings. The molecule has 0 spiro atoms. The van der Waals surface area contributed by atoms with Gasteiger partial charge < -0.3 is 14.2 Å². The van der Waals surface area contributed by atoms with Crippen LogP contribution >= 0.6 is 0 Å². The van der Waals surface area contributed by atoms with Crippen molar-refractivity contribution in [2.75, 3.05) is 9.80 Å². The minimum Gasteiger partial charge on any atom is -0.456 e. The number of aryl methyl sites for hydroxylation is 4. The standard InChI is InChI=1S/C64H48N2O/c1-41-17-25-45(26-18-41)65(46-27-19-42(2)20-28-46)49-33-35-55-51-11-5-6-12-52(51)56-36-34-50(66(47-29-21-43(3)22-30-47)48-31-23-44(4)24-32-48)38-59(56)60-39-62-57-15-9-10-16-63(57)67-64(62)40-61(60)54-14-8-7-13-53(54)58(55)37-49/h5-40H,1-4H3. The lowest BCUT2D eigenvalue weighted by atomic mass is 9.93. The zero-order valence-electron chi connectivity index (χ0n) is 38.1. The monoisotopic (exact) mass is 860 g/mol. The average molecular weight is 861 g/mol. The van der Waals surface area contributed by atoms with Gasteiger partial charge in [-0.25, -0.2) is 0 Å². The van der Waals surface area contributed by atoms with Crippen molar-refractivity contribution < 1.29 is 4.42 Å². The second-order valence-electron chi connectivity index (χ2n) is 18.1. The van der Waals surface area contributed by atoms with Gasteiger partial charge in [-0.2, -0.15) is 0 Å². The van der Waals surface area contributed by atoms with Crippen LogP contribution in [-0.4, -0.2) is 0 Å². The van der Waals surface area contributed by atoms with Crippen LogP contribution in [0, 0.1) is 27.7 Å². The smallest absolute Gasteiger partial charge is 0.136 e. The molecule has 11 aromatic carbocycles. The van der Waals surface area contributed by atoms with Crippen molar-refractivity contribution in [1.82, 2.24) is 0 Å². The molecule has 1 heterocycles. The fourth-order valence-electron chi connectivity index (χ4n) is 10.1. The SMILES string of the molecule is Cc1ccc(N(c2ccc(C)cc2)c2ccc3c4ccccc4c4ccc(N(c5ccc(C)cc5)c5ccc(C)cc5)cc4c4cc5c(cc4c4ccccc4c3c2)oc2ccccc25)cc1. The molecule has 3 heteroatoms. The number of hydrogen-bond donors (Lipinski definition) is 0. The molecule has 0 aliphatic rings. The van der Waals surface area contributed by atoms with E-state index >= 15 is 0 Å². The summed E-state index contributed by atoms with van der Waals surface area (Å²) in [5.41, 5.74) is 13.2. The maximum atomic E-state index is 6.72. The van der Waals surface area contributed by atoms with Crippen molar-refractivity contribution in [2.45, 2.75) is 27.7 Å². The fourth-order valence-corrected chi connectivity index (χ4v) is 10.1. The molecule has 0 amide bonds. The molecule has 0 fully saturated rings. The van der Waals surface area contributed by atoms with Crippen LogP contribution in [0.5, 0.6) is 0 Å². The maximum absolute atomic E-state index is 6.72. The number of hydrogen-bond acceptors (Lipinski definition) is 3. The second-order valence-corrected chi connectivity index (χ2v) is 18.1. The van der Waals surface area contributed by atoms with Crippen LogP contribution in [0.3, 0.4) is 0 Å². The first-order valence-electron chi connectivity index (χ1n) is 23.1. The van der Waals surface area contributed by atoms with Gasteiger partial charge in [-0.05, 0) is 173 Å². The van der Waals surface area contributed by atoms with Crippen LogP contribution in [0.1, 0.15) is 22.3 Å². The largest absolute Gasteiger partial charge is 0.456 e. The second kappa shape index (κ2) is 16.2. The molecule has 0 aliphatic carbocycles. The predicted molar refractivity (Wildman–Crippen MR) is 287 cm³/mol. The molecular weight excluding hydrogens is 813 g/mol. The zero-order valence-corrected chi connectivity index (χ0v) is 38.1. The Morgan fingerprint density at radius 3 is 0.940 bits per heavy atom. The topological polar surface area (TPSA) is 19.6 Å². The van der Waals surface area contributed by atoms with E-state index in [-0.39, 0.29) is 0 Å². The highest BCUT2D eigenvalue weighted by Crippen LogP contribution is 2.44. The van der Waals surface area contributed by atoms with Crippen LogP contribution < -0.4 is 9.80 Å². The minimum atomic E-state index is 0.866. The molecule has 12 rings (SSSR count). The van der Waals surface area contributed by atoms with Gasteiger partial charge in [0, 0.05) is 44.9 Å². The van der Waals surface area contributed by atoms with Crippen LogP contribution in [0.2, 0.25) is 0 Å². The lowest BCUT2D eigenvalue weighted by Crippen LogP contribution is -2.10. The van der Waals surface area contributed by atoms with Crippen molar-refractivity contribution >= 4 is 110 Å². The normalized spacial score (nSPS) is 11.6. The number of fused-ring (bicyclic) bond motifs is 13. The minimum absolute atomic E-state index is 0.866. The summed E-state index contributed by atoms with van der Waals surface area (Å²) < 4.78 is 6.72. The van der Waals surface area contributed by atoms with E-state index in [1.165, 1.54) is 38.4 Å². The number of rotatable bonds is 6. The fraction of sp³-hybridized carbons (Fsp3) is 0.0625. The Bertz CT molecular complexity index is 3850. The Balaban J connectivity index is 1.26. The summed E-state index contributed by atoms with van der Waals surface area (Å²) in [5.74, 6) is 0. The predicted octanol–water partition coefficient (Wildman–Crippen LogP) is 18.6. The third-order valence-electron chi connectivity index (χ3n) is 13.5. The Hall–Kier alpha value is -8.40. The van der Waals surface area contributed by atoms with Crippen LogP contribution in [0.25, 0.3) is 75.8 Å². The van der Waals surface area contributed by atoms with Gasteiger partial charge >= 0.3 is 0 Å². The third kappa shape index (κ3) is 7.08. The van der Waals surface area contributed by atoms with Crippen molar-refractivity contribution in [3.63, 3.8) is 0 Å². The summed E-state index contributed by atoms with van der Waals surface area (Å²) in [5, 5.41) is 13.7. The number of anilines is 6. The molecule has 0 N–H and O–H groups in total. The van der Waals surface area contributed by atoms with Gasteiger partial charge in [0.05, 0.1) is 0 Å². The molecule has 0 radical (unpaired) electrons. The molecule has 320 valence electrons. The van der Waals surface area contributed by atoms with E-state index in [1.807, 2.05) is 0 Å². The summed E-state index contributed by atoms with van der Waals surface area (Å²) in [6, 6.07) is 80.5. The number of para-hydroxylation sites is 1. The first-order chi connectivity index (χ1) is 32.8. The van der Waals surface area contributed by atoms with Gasteiger partial charge in [-0.3, -0.25) is 0 Å². The van der Waals surface area contributed by atoms with Crippen molar-refractivity contribution in [2.24, 2.45) is 0 Å². The average Bonchev–Trinajstić information content (AvgIpc) is 3.73. The molecule has 0 aliphatic heterocycles. The number of furan rings is 1. The molecule has 0 saturated heterocycles. The van der Waals surface area contributed by atoms with Crippen LogP contribution in [0.15, 0.2) is 223 Å². The van der Waals surface area contributed by atoms with Gasteiger partial charge in [0.1, 0.15) is 11.2 Å². The van der Waals surface area contributed by atoms with E-state index in [2.05, 4.69) is 256 Å². The summed E-state index contributed by atoms with van der Waals surface area (Å²) in [7, 11) is 0. The molecule has 67 heavy (non-hydrogen) atoms. The van der Waals surface area contributed by atoms with E-state index in [1.54, 1.807) is 0 Å². The van der Waals surface area contributed by atoms with Crippen LogP contribution in [-0.2, 0) is 0 Å². The Labute approximate surface area is 390 Å². The summed E-state index contributed by atoms with van der Waals surface area (Å²) >= 11 is 0. The van der Waals surface area contributed by atoms with Gasteiger partial charge in [-0.1, -0.05) is 150 Å². The van der Waals surface area contributed by atoms with Gasteiger partial charge in [0.15, 0.2) is 0 Å². The Morgan fingerprint density at radius 1 is 0.224 bits per heavy atom. The Morgan fingerprint density at radius 2 is 0.522 bits per heavy atom. The van der Waals surface area contributed by atoms with E-state index in [0.29, 0.717) is 0 Å². The lowest BCUT2D eigenvalue weighted by molar-refractivity contribution is 0.669. The van der Waals surface area contributed by atoms with Crippen LogP contribution in [0.4, 0.5) is 34.1 Å². The highest BCUT2D eigenvalue weighted by Gasteiger charge is 2.19. The van der Waals surface area contributed by atoms with Crippen molar-refractivity contribution in [3.05, 3.63) is 241 Å². The van der Waals surface area contributed by atoms with E-state index in [0.717, 1.165) is 93.8 Å². The highest BCUT2D eigenvalue weighted by molar-refractivity contribution is 6.28. The Kier molecular flexibility index (Phi) is 9.73. The number of nitrogens with zero attached hydrogens (tertiary/aromatic N) is 2. The van der Waals surface area contributed by atoms with Gasteiger partial charge in [0.2, 0.25) is 0 Å². The summed E-state index contributed by atoms with van der Waals surface area (Å²) in [6.07, 6.45) is 0. The molecule has 1 aromatic heterocycles.